The molecule has 1 unspecified atom stereocenters. The average Bonchev–Trinajstić information content (AvgIpc) is 3.24. The number of ether oxygens (including phenoxy) is 1. The minimum Gasteiger partial charge on any atom is -0.477 e. The number of likely N-dealkylation sites (tertiary alicyclic amines) is 1. The number of H-pyrrole nitrogens is 1. The first-order valence-electron chi connectivity index (χ1n) is 8.78. The van der Waals surface area contributed by atoms with E-state index in [0.717, 1.165) is 18.2 Å². The molecule has 2 aromatic heterocycles. The number of rotatable bonds is 4. The Labute approximate surface area is 154 Å². The smallest absolute Gasteiger partial charge is 0.345 e. The lowest BCUT2D eigenvalue weighted by molar-refractivity contribution is -0.134. The quantitative estimate of drug-likeness (QED) is 0.552. The van der Waals surface area contributed by atoms with Crippen molar-refractivity contribution in [1.82, 2.24) is 14.9 Å². The van der Waals surface area contributed by atoms with Crippen molar-refractivity contribution in [3.63, 3.8) is 0 Å². The fraction of sp³-hybridized carbons (Fsp3) is 0.316. The summed E-state index contributed by atoms with van der Waals surface area (Å²) in [4.78, 5) is 33.3. The van der Waals surface area contributed by atoms with E-state index in [2.05, 4.69) is 9.97 Å². The van der Waals surface area contributed by atoms with Gasteiger partial charge in [0.1, 0.15) is 5.65 Å². The molecule has 2 aliphatic rings. The van der Waals surface area contributed by atoms with Gasteiger partial charge in [0.2, 0.25) is 11.7 Å². The fourth-order valence-corrected chi connectivity index (χ4v) is 3.56. The molecular formula is C19H19N3O5. The van der Waals surface area contributed by atoms with Gasteiger partial charge < -0.3 is 24.8 Å². The number of aliphatic hydroxyl groups excluding tert-OH is 1. The number of hydrogen-bond donors (Lipinski definition) is 3. The van der Waals surface area contributed by atoms with Gasteiger partial charge >= 0.3 is 5.97 Å². The predicted octanol–water partition coefficient (Wildman–Crippen LogP) is 1.50. The molecule has 2 aromatic rings. The third kappa shape index (κ3) is 3.08. The summed E-state index contributed by atoms with van der Waals surface area (Å²) in [7, 11) is 0. The third-order valence-corrected chi connectivity index (χ3v) is 4.92. The van der Waals surface area contributed by atoms with Crippen LogP contribution in [0.3, 0.4) is 0 Å². The van der Waals surface area contributed by atoms with Crippen molar-refractivity contribution in [3.05, 3.63) is 47.3 Å². The number of allylic oxidation sites excluding steroid dienone is 1. The zero-order valence-corrected chi connectivity index (χ0v) is 14.5. The minimum absolute atomic E-state index is 0.0190. The number of pyridine rings is 1. The Morgan fingerprint density at radius 2 is 2.33 bits per heavy atom. The summed E-state index contributed by atoms with van der Waals surface area (Å²) >= 11 is 0. The van der Waals surface area contributed by atoms with Crippen molar-refractivity contribution in [1.29, 1.82) is 0 Å². The number of aromatic amines is 1. The highest BCUT2D eigenvalue weighted by Crippen LogP contribution is 2.32. The molecule has 0 amide bonds. The van der Waals surface area contributed by atoms with Crippen molar-refractivity contribution in [2.24, 2.45) is 5.92 Å². The molecule has 140 valence electrons. The van der Waals surface area contributed by atoms with Crippen LogP contribution in [0.4, 0.5) is 0 Å². The maximum absolute atomic E-state index is 12.7. The third-order valence-electron chi connectivity index (χ3n) is 4.92. The minimum atomic E-state index is -1.31. The first kappa shape index (κ1) is 17.3. The molecule has 0 bridgehead atoms. The van der Waals surface area contributed by atoms with Crippen LogP contribution in [0, 0.1) is 5.92 Å². The number of carbonyl (C=O) groups excluding carboxylic acids is 1. The van der Waals surface area contributed by atoms with E-state index in [1.807, 2.05) is 6.07 Å². The van der Waals surface area contributed by atoms with Crippen LogP contribution in [-0.4, -0.2) is 56.5 Å². The van der Waals surface area contributed by atoms with E-state index < -0.39 is 11.8 Å². The highest BCUT2D eigenvalue weighted by molar-refractivity contribution is 6.26. The normalized spacial score (nSPS) is 22.0. The number of hydrogen-bond acceptors (Lipinski definition) is 6. The number of nitrogens with one attached hydrogen (secondary N) is 1. The number of aliphatic hydroxyl groups is 1. The number of ketones is 1. The average molecular weight is 369 g/mol. The van der Waals surface area contributed by atoms with Gasteiger partial charge in [0.25, 0.3) is 0 Å². The van der Waals surface area contributed by atoms with Crippen molar-refractivity contribution in [3.8, 4) is 0 Å². The summed E-state index contributed by atoms with van der Waals surface area (Å²) in [6.45, 7) is 1.06. The number of aromatic nitrogens is 2. The lowest BCUT2D eigenvalue weighted by Crippen LogP contribution is -2.37. The van der Waals surface area contributed by atoms with Gasteiger partial charge in [-0.2, -0.15) is 0 Å². The van der Waals surface area contributed by atoms with Crippen LogP contribution in [0.5, 0.6) is 0 Å². The number of piperidine rings is 1. The Morgan fingerprint density at radius 3 is 3.11 bits per heavy atom. The zero-order chi connectivity index (χ0) is 19.0. The second-order valence-electron chi connectivity index (χ2n) is 6.71. The molecule has 0 aliphatic carbocycles. The molecule has 1 saturated heterocycles. The summed E-state index contributed by atoms with van der Waals surface area (Å²) in [6.07, 6.45) is 6.55. The second kappa shape index (κ2) is 6.88. The molecule has 8 heteroatoms. The molecule has 0 spiro atoms. The molecule has 1 atom stereocenters. The van der Waals surface area contributed by atoms with E-state index in [9.17, 15) is 19.8 Å². The molecule has 1 fully saturated rings. The lowest BCUT2D eigenvalue weighted by atomic mass is 9.99. The van der Waals surface area contributed by atoms with E-state index in [1.54, 1.807) is 23.4 Å². The Morgan fingerprint density at radius 1 is 1.48 bits per heavy atom. The van der Waals surface area contributed by atoms with Crippen LogP contribution >= 0.6 is 0 Å². The van der Waals surface area contributed by atoms with E-state index in [-0.39, 0.29) is 29.7 Å². The van der Waals surface area contributed by atoms with Gasteiger partial charge in [-0.15, -0.1) is 0 Å². The van der Waals surface area contributed by atoms with Crippen LogP contribution < -0.4 is 0 Å². The molecule has 8 nitrogen and oxygen atoms in total. The summed E-state index contributed by atoms with van der Waals surface area (Å²) in [5, 5.41) is 19.8. The molecule has 2 aliphatic heterocycles. The summed E-state index contributed by atoms with van der Waals surface area (Å²) in [5.74, 6) is -1.90. The van der Waals surface area contributed by atoms with E-state index in [1.165, 1.54) is 6.08 Å². The maximum Gasteiger partial charge on any atom is 0.345 e. The Kier molecular flexibility index (Phi) is 4.41. The molecule has 4 heterocycles. The van der Waals surface area contributed by atoms with Gasteiger partial charge in [-0.25, -0.2) is 9.78 Å². The highest BCUT2D eigenvalue weighted by Gasteiger charge is 2.39. The number of Topliss-reactive ketones (excluding diaryl/α,β-unsaturated/α-hetero) is 1. The number of fused-ring (bicyclic) bond motifs is 1. The van der Waals surface area contributed by atoms with E-state index >= 15 is 0 Å². The Bertz CT molecular complexity index is 975. The monoisotopic (exact) mass is 369 g/mol. The summed E-state index contributed by atoms with van der Waals surface area (Å²) in [6, 6.07) is 3.64. The van der Waals surface area contributed by atoms with Crippen LogP contribution in [0.2, 0.25) is 0 Å². The molecule has 3 N–H and O–H groups in total. The number of carboxylic acid groups (broad SMARTS) is 1. The van der Waals surface area contributed by atoms with Crippen LogP contribution in [0.25, 0.3) is 17.1 Å². The van der Waals surface area contributed by atoms with Crippen molar-refractivity contribution in [2.75, 3.05) is 19.7 Å². The Hall–Kier alpha value is -3.13. The molecule has 0 radical (unpaired) electrons. The van der Waals surface area contributed by atoms with Gasteiger partial charge in [-0.3, -0.25) is 4.79 Å². The molecular weight excluding hydrogens is 350 g/mol. The number of nitrogens with zero attached hydrogens (tertiary/aromatic N) is 2. The molecule has 4 rings (SSSR count). The maximum atomic E-state index is 12.7. The highest BCUT2D eigenvalue weighted by atomic mass is 16.5. The SMILES string of the molecule is O=C(O)C1=C(N2CCCC(CO)C2)OC(=Cc2c[nH]c3ncccc23)C1=O. The van der Waals surface area contributed by atoms with Gasteiger partial charge in [0.15, 0.2) is 11.3 Å². The lowest BCUT2D eigenvalue weighted by Gasteiger charge is -2.33. The van der Waals surface area contributed by atoms with Gasteiger partial charge in [0.05, 0.1) is 0 Å². The second-order valence-corrected chi connectivity index (χ2v) is 6.71. The summed E-state index contributed by atoms with van der Waals surface area (Å²) < 4.78 is 5.72. The predicted molar refractivity (Wildman–Crippen MR) is 96.2 cm³/mol. The molecule has 0 aromatic carbocycles. The van der Waals surface area contributed by atoms with Crippen LogP contribution in [0.15, 0.2) is 41.7 Å². The topological polar surface area (TPSA) is 116 Å². The standard InChI is InChI=1S/C19H19N3O5/c23-10-11-3-2-6-22(9-11)18-15(19(25)26)16(24)14(27-18)7-12-8-21-17-13(12)4-1-5-20-17/h1,4-5,7-8,11,23H,2-3,6,9-10H2,(H,20,21)(H,25,26). The molecule has 0 saturated carbocycles. The number of aliphatic carboxylic acids is 1. The van der Waals surface area contributed by atoms with Crippen LogP contribution in [-0.2, 0) is 14.3 Å². The first-order valence-corrected chi connectivity index (χ1v) is 8.78. The summed E-state index contributed by atoms with van der Waals surface area (Å²) in [5.41, 5.74) is 1.00. The van der Waals surface area contributed by atoms with Crippen molar-refractivity contribution >= 4 is 28.9 Å². The zero-order valence-electron chi connectivity index (χ0n) is 14.5. The largest absolute Gasteiger partial charge is 0.477 e. The molecule has 27 heavy (non-hydrogen) atoms. The van der Waals surface area contributed by atoms with E-state index in [0.29, 0.717) is 24.3 Å². The van der Waals surface area contributed by atoms with Gasteiger partial charge in [0, 0.05) is 43.0 Å². The Balaban J connectivity index is 1.68. The van der Waals surface area contributed by atoms with Gasteiger partial charge in [-0.05, 0) is 37.0 Å². The number of carboxylic acids is 1. The van der Waals surface area contributed by atoms with Crippen molar-refractivity contribution in [2.45, 2.75) is 12.8 Å². The van der Waals surface area contributed by atoms with E-state index in [4.69, 9.17) is 4.74 Å². The first-order chi connectivity index (χ1) is 13.1. The fourth-order valence-electron chi connectivity index (χ4n) is 3.56. The van der Waals surface area contributed by atoms with Crippen LogP contribution in [0.1, 0.15) is 18.4 Å². The van der Waals surface area contributed by atoms with Gasteiger partial charge in [-0.1, -0.05) is 0 Å². The number of carbonyl (C=O) groups is 2. The van der Waals surface area contributed by atoms with Crippen molar-refractivity contribution < 1.29 is 24.5 Å².